The number of alkyl halides is 3. The zero-order valence-electron chi connectivity index (χ0n) is 29.1. The van der Waals surface area contributed by atoms with E-state index >= 15 is 0 Å². The molecule has 0 aliphatic carbocycles. The smallest absolute Gasteiger partial charge is 0.416 e. The second kappa shape index (κ2) is 13.3. The summed E-state index contributed by atoms with van der Waals surface area (Å²) in [5.74, 6) is -1.25. The fourth-order valence-corrected chi connectivity index (χ4v) is 7.21. The molecule has 8 rings (SSSR count). The molecule has 2 N–H and O–H groups in total. The van der Waals surface area contributed by atoms with E-state index in [1.54, 1.807) is 25.4 Å². The Labute approximate surface area is 314 Å². The normalized spacial score (nSPS) is 15.1. The van der Waals surface area contributed by atoms with Gasteiger partial charge in [0.1, 0.15) is 18.5 Å². The molecular weight excluding hydrogens is 745 g/mol. The van der Waals surface area contributed by atoms with Crippen molar-refractivity contribution in [2.75, 3.05) is 18.4 Å². The average molecular weight is 775 g/mol. The molecule has 6 heterocycles. The van der Waals surface area contributed by atoms with Crippen LogP contribution < -0.4 is 10.9 Å². The molecule has 55 heavy (non-hydrogen) atoms. The van der Waals surface area contributed by atoms with Crippen LogP contribution in [0.5, 0.6) is 5.75 Å². The van der Waals surface area contributed by atoms with E-state index in [1.165, 1.54) is 15.8 Å². The summed E-state index contributed by atoms with van der Waals surface area (Å²) in [6, 6.07) is 9.85. The number of aromatic nitrogens is 8. The molecule has 0 bridgehead atoms. The second-order valence-corrected chi connectivity index (χ2v) is 13.7. The highest BCUT2D eigenvalue weighted by Gasteiger charge is 2.48. The standard InChI is InChI=1S/C36H30ClF3N10O5/c1-19-14-48(18-43-19)23-6-3-21(4-7-23)31-45-34-49(15-27(51)44-25-8-5-22(13-24(25)37)36(38,39)40)26-16-55-35(28(26)32(53)50(34)46-31)9-11-47(12-10-35)33(54)29-30(52)20(2)41-17-42-29/h3-8,13-14,17-18,52H,9-12,15-16H2,1-2H3,(H,44,51). The number of fused-ring (bicyclic) bond motifs is 3. The third kappa shape index (κ3) is 6.35. The summed E-state index contributed by atoms with van der Waals surface area (Å²) in [6.45, 7) is 3.21. The van der Waals surface area contributed by atoms with Gasteiger partial charge in [0.2, 0.25) is 11.7 Å². The van der Waals surface area contributed by atoms with Crippen LogP contribution in [0.15, 0.2) is 66.1 Å². The molecule has 1 spiro atoms. The molecule has 2 amide bonds. The average Bonchev–Trinajstić information content (AvgIpc) is 3.90. The van der Waals surface area contributed by atoms with Gasteiger partial charge in [0, 0.05) is 30.5 Å². The Morgan fingerprint density at radius 1 is 1.05 bits per heavy atom. The summed E-state index contributed by atoms with van der Waals surface area (Å²) in [4.78, 5) is 59.7. The third-order valence-electron chi connectivity index (χ3n) is 9.87. The Morgan fingerprint density at radius 2 is 1.80 bits per heavy atom. The van der Waals surface area contributed by atoms with E-state index in [-0.39, 0.29) is 77.6 Å². The third-order valence-corrected chi connectivity index (χ3v) is 10.2. The fourth-order valence-electron chi connectivity index (χ4n) is 6.98. The van der Waals surface area contributed by atoms with Crippen LogP contribution in [0.4, 0.5) is 18.9 Å². The monoisotopic (exact) mass is 774 g/mol. The molecule has 4 aromatic heterocycles. The molecule has 15 nitrogen and oxygen atoms in total. The number of aryl methyl sites for hydroxylation is 2. The quantitative estimate of drug-likeness (QED) is 0.239. The Bertz CT molecular complexity index is 2580. The van der Waals surface area contributed by atoms with Crippen molar-refractivity contribution >= 4 is 34.9 Å². The molecule has 19 heteroatoms. The van der Waals surface area contributed by atoms with Crippen molar-refractivity contribution in [3.05, 3.63) is 111 Å². The van der Waals surface area contributed by atoms with Gasteiger partial charge in [-0.2, -0.15) is 22.7 Å². The number of carbonyl (C=O) groups excluding carboxylic acids is 2. The largest absolute Gasteiger partial charge is 0.504 e. The first kappa shape index (κ1) is 35.9. The van der Waals surface area contributed by atoms with E-state index in [9.17, 15) is 32.7 Å². The number of piperidine rings is 1. The van der Waals surface area contributed by atoms with Crippen molar-refractivity contribution in [1.29, 1.82) is 0 Å². The van der Waals surface area contributed by atoms with E-state index in [0.717, 1.165) is 34.1 Å². The van der Waals surface area contributed by atoms with Gasteiger partial charge in [-0.25, -0.2) is 15.0 Å². The number of hydrogen-bond acceptors (Lipinski definition) is 10. The van der Waals surface area contributed by atoms with Crippen molar-refractivity contribution in [1.82, 2.24) is 43.6 Å². The number of ether oxygens (including phenoxy) is 1. The van der Waals surface area contributed by atoms with E-state index in [2.05, 4.69) is 30.4 Å². The molecule has 6 aromatic rings. The Kier molecular flexibility index (Phi) is 8.68. The van der Waals surface area contributed by atoms with E-state index in [1.807, 2.05) is 29.8 Å². The van der Waals surface area contributed by atoms with Crippen molar-refractivity contribution < 1.29 is 32.6 Å². The number of imidazole rings is 1. The number of benzene rings is 2. The lowest BCUT2D eigenvalue weighted by Gasteiger charge is -2.38. The molecule has 1 saturated heterocycles. The lowest BCUT2D eigenvalue weighted by Crippen LogP contribution is -2.47. The molecule has 2 aromatic carbocycles. The van der Waals surface area contributed by atoms with Crippen molar-refractivity contribution in [2.45, 2.75) is 51.6 Å². The molecular formula is C36H30ClF3N10O5. The maximum atomic E-state index is 14.4. The summed E-state index contributed by atoms with van der Waals surface area (Å²) in [7, 11) is 0. The SMILES string of the molecule is Cc1cn(-c2ccc(-c3nc4n(CC(=O)Nc5ccc(C(F)(F)F)cc5Cl)c5c(c(=O)n4n3)C3(CCN(C(=O)c4ncnc(C)c4O)CC3)OC5)cc2)cn1. The van der Waals surface area contributed by atoms with Gasteiger partial charge in [-0.1, -0.05) is 11.6 Å². The summed E-state index contributed by atoms with van der Waals surface area (Å²) in [5, 5.41) is 17.3. The van der Waals surface area contributed by atoms with Gasteiger partial charge in [-0.3, -0.25) is 14.4 Å². The summed E-state index contributed by atoms with van der Waals surface area (Å²) in [5.41, 5.74) is 0.290. The Hall–Kier alpha value is -6.14. The zero-order chi connectivity index (χ0) is 38.8. The minimum atomic E-state index is -4.63. The van der Waals surface area contributed by atoms with Crippen LogP contribution in [0.2, 0.25) is 5.02 Å². The number of halogens is 4. The van der Waals surface area contributed by atoms with Gasteiger partial charge in [-0.15, -0.1) is 5.10 Å². The molecule has 0 unspecified atom stereocenters. The topological polar surface area (TPSA) is 175 Å². The molecule has 2 aliphatic heterocycles. The number of hydrogen-bond donors (Lipinski definition) is 2. The Morgan fingerprint density at radius 3 is 2.47 bits per heavy atom. The Balaban J connectivity index is 1.16. The highest BCUT2D eigenvalue weighted by Crippen LogP contribution is 2.43. The lowest BCUT2D eigenvalue weighted by atomic mass is 9.85. The number of likely N-dealkylation sites (tertiary alicyclic amines) is 1. The number of aromatic hydroxyl groups is 1. The number of anilines is 1. The van der Waals surface area contributed by atoms with Gasteiger partial charge in [0.15, 0.2) is 17.3 Å². The number of carbonyl (C=O) groups is 2. The predicted molar refractivity (Wildman–Crippen MR) is 190 cm³/mol. The summed E-state index contributed by atoms with van der Waals surface area (Å²) in [6.07, 6.45) is 0.510. The van der Waals surface area contributed by atoms with Gasteiger partial charge < -0.3 is 29.2 Å². The van der Waals surface area contributed by atoms with Gasteiger partial charge >= 0.3 is 6.18 Å². The molecule has 2 aliphatic rings. The van der Waals surface area contributed by atoms with Crippen LogP contribution in [0.25, 0.3) is 22.9 Å². The summed E-state index contributed by atoms with van der Waals surface area (Å²) >= 11 is 6.14. The minimum Gasteiger partial charge on any atom is -0.504 e. The minimum absolute atomic E-state index is 0.0320. The van der Waals surface area contributed by atoms with E-state index < -0.39 is 41.3 Å². The molecule has 0 radical (unpaired) electrons. The zero-order valence-corrected chi connectivity index (χ0v) is 29.9. The summed E-state index contributed by atoms with van der Waals surface area (Å²) < 4.78 is 50.6. The van der Waals surface area contributed by atoms with Crippen molar-refractivity contribution in [3.63, 3.8) is 0 Å². The number of rotatable bonds is 6. The first-order valence-corrected chi connectivity index (χ1v) is 17.3. The van der Waals surface area contributed by atoms with Crippen molar-refractivity contribution in [2.24, 2.45) is 0 Å². The number of nitrogens with one attached hydrogen (secondary N) is 1. The van der Waals surface area contributed by atoms with Crippen LogP contribution in [-0.4, -0.2) is 73.6 Å². The van der Waals surface area contributed by atoms with Crippen molar-refractivity contribution in [3.8, 4) is 22.8 Å². The maximum Gasteiger partial charge on any atom is 0.416 e. The highest BCUT2D eigenvalue weighted by molar-refractivity contribution is 6.33. The van der Waals surface area contributed by atoms with Gasteiger partial charge in [-0.05, 0) is 69.2 Å². The van der Waals surface area contributed by atoms with E-state index in [4.69, 9.17) is 16.3 Å². The lowest BCUT2D eigenvalue weighted by molar-refractivity contribution is -0.137. The molecule has 1 fully saturated rings. The number of amides is 2. The van der Waals surface area contributed by atoms with Crippen LogP contribution in [0, 0.1) is 13.8 Å². The van der Waals surface area contributed by atoms with Crippen LogP contribution in [-0.2, 0) is 34.5 Å². The van der Waals surface area contributed by atoms with Crippen LogP contribution in [0.3, 0.4) is 0 Å². The van der Waals surface area contributed by atoms with Gasteiger partial charge in [0.05, 0.1) is 51.9 Å². The number of nitrogens with zero attached hydrogens (tertiary/aromatic N) is 9. The highest BCUT2D eigenvalue weighted by atomic mass is 35.5. The fraction of sp³-hybridized carbons (Fsp3) is 0.278. The first-order valence-electron chi connectivity index (χ1n) is 17.0. The van der Waals surface area contributed by atoms with Crippen LogP contribution in [0.1, 0.15) is 51.5 Å². The molecule has 0 saturated carbocycles. The second-order valence-electron chi connectivity index (χ2n) is 13.3. The molecule has 282 valence electrons. The molecule has 0 atom stereocenters. The predicted octanol–water partition coefficient (Wildman–Crippen LogP) is 4.83. The maximum absolute atomic E-state index is 14.4. The van der Waals surface area contributed by atoms with Crippen LogP contribution >= 0.6 is 11.6 Å². The van der Waals surface area contributed by atoms with E-state index in [0.29, 0.717) is 11.3 Å². The van der Waals surface area contributed by atoms with Gasteiger partial charge in [0.25, 0.3) is 11.5 Å². The first-order chi connectivity index (χ1) is 26.2.